The van der Waals surface area contributed by atoms with Gasteiger partial charge < -0.3 is 10.1 Å². The first-order valence-corrected chi connectivity index (χ1v) is 8.17. The number of rotatable bonds is 6. The number of amides is 1. The minimum absolute atomic E-state index is 0.0197. The van der Waals surface area contributed by atoms with E-state index in [1.165, 1.54) is 0 Å². The average molecular weight is 333 g/mol. The van der Waals surface area contributed by atoms with Crippen molar-refractivity contribution < 1.29 is 9.53 Å². The first-order chi connectivity index (χ1) is 12.3. The Bertz CT molecular complexity index is 805. The van der Waals surface area contributed by atoms with Crippen LogP contribution in [0.25, 0.3) is 0 Å². The summed E-state index contributed by atoms with van der Waals surface area (Å²) >= 11 is 0. The summed E-state index contributed by atoms with van der Waals surface area (Å²) in [5, 5.41) is 2.96. The number of hydrogen-bond acceptors (Lipinski definition) is 4. The third kappa shape index (κ3) is 4.41. The number of ether oxygens (including phenoxy) is 1. The number of aromatic nitrogens is 2. The molecule has 126 valence electrons. The fraction of sp³-hybridized carbons (Fsp3) is 0.150. The van der Waals surface area contributed by atoms with Crippen molar-refractivity contribution in [3.8, 4) is 11.8 Å². The van der Waals surface area contributed by atoms with Gasteiger partial charge in [0.15, 0.2) is 0 Å². The number of hydrogen-bond donors (Lipinski definition) is 1. The van der Waals surface area contributed by atoms with Crippen LogP contribution in [0.4, 0.5) is 5.69 Å². The molecule has 1 aromatic heterocycles. The minimum atomic E-state index is -0.171. The number of carbonyl (C=O) groups is 1. The van der Waals surface area contributed by atoms with Crippen LogP contribution in [0.1, 0.15) is 24.8 Å². The molecule has 1 amide bonds. The number of anilines is 1. The Morgan fingerprint density at radius 3 is 2.32 bits per heavy atom. The van der Waals surface area contributed by atoms with E-state index >= 15 is 0 Å². The highest BCUT2D eigenvalue weighted by molar-refractivity contribution is 5.95. The van der Waals surface area contributed by atoms with E-state index in [1.807, 2.05) is 37.3 Å². The van der Waals surface area contributed by atoms with Crippen LogP contribution in [0.5, 0.6) is 11.8 Å². The van der Waals surface area contributed by atoms with Crippen molar-refractivity contribution in [1.29, 1.82) is 0 Å². The van der Waals surface area contributed by atoms with Crippen LogP contribution in [0, 0.1) is 0 Å². The van der Waals surface area contributed by atoms with Crippen LogP contribution in [0.15, 0.2) is 73.1 Å². The van der Waals surface area contributed by atoms with Crippen LogP contribution >= 0.6 is 0 Å². The summed E-state index contributed by atoms with van der Waals surface area (Å²) in [6.45, 7) is 2.01. The van der Waals surface area contributed by atoms with E-state index in [4.69, 9.17) is 4.74 Å². The highest BCUT2D eigenvalue weighted by atomic mass is 16.5. The second-order valence-electron chi connectivity index (χ2n) is 5.52. The van der Waals surface area contributed by atoms with E-state index in [-0.39, 0.29) is 17.8 Å². The molecule has 2 aromatic carbocycles. The van der Waals surface area contributed by atoms with Crippen molar-refractivity contribution in [2.75, 3.05) is 5.32 Å². The van der Waals surface area contributed by atoms with Crippen molar-refractivity contribution in [2.24, 2.45) is 0 Å². The molecule has 0 fully saturated rings. The molecule has 0 aliphatic heterocycles. The molecule has 1 atom stereocenters. The molecule has 0 bridgehead atoms. The van der Waals surface area contributed by atoms with Gasteiger partial charge in [-0.15, -0.1) is 0 Å². The zero-order valence-electron chi connectivity index (χ0n) is 13.9. The van der Waals surface area contributed by atoms with Gasteiger partial charge in [-0.05, 0) is 42.3 Å². The lowest BCUT2D eigenvalue weighted by Crippen LogP contribution is -2.20. The quantitative estimate of drug-likeness (QED) is 0.726. The Morgan fingerprint density at radius 1 is 1.00 bits per heavy atom. The minimum Gasteiger partial charge on any atom is -0.424 e. The lowest BCUT2D eigenvalue weighted by molar-refractivity contribution is -0.117. The van der Waals surface area contributed by atoms with Gasteiger partial charge in [0, 0.05) is 18.1 Å². The maximum atomic E-state index is 12.6. The molecular weight excluding hydrogens is 314 g/mol. The molecule has 0 spiro atoms. The predicted octanol–water partition coefficient (Wildman–Crippen LogP) is 4.40. The lowest BCUT2D eigenvalue weighted by atomic mass is 9.95. The first-order valence-electron chi connectivity index (χ1n) is 8.17. The Kier molecular flexibility index (Phi) is 5.36. The largest absolute Gasteiger partial charge is 0.424 e. The van der Waals surface area contributed by atoms with Crippen molar-refractivity contribution in [3.63, 3.8) is 0 Å². The molecule has 0 radical (unpaired) electrons. The highest BCUT2D eigenvalue weighted by Crippen LogP contribution is 2.23. The van der Waals surface area contributed by atoms with Crippen molar-refractivity contribution in [2.45, 2.75) is 19.3 Å². The first kappa shape index (κ1) is 16.6. The fourth-order valence-corrected chi connectivity index (χ4v) is 2.54. The monoisotopic (exact) mass is 333 g/mol. The topological polar surface area (TPSA) is 64.1 Å². The summed E-state index contributed by atoms with van der Waals surface area (Å²) in [4.78, 5) is 20.6. The number of benzene rings is 2. The maximum absolute atomic E-state index is 12.6. The van der Waals surface area contributed by atoms with Gasteiger partial charge in [0.1, 0.15) is 5.75 Å². The number of nitrogens with one attached hydrogen (secondary N) is 1. The van der Waals surface area contributed by atoms with Gasteiger partial charge in [0.05, 0.1) is 5.92 Å². The Morgan fingerprint density at radius 2 is 1.68 bits per heavy atom. The Balaban J connectivity index is 1.65. The van der Waals surface area contributed by atoms with Crippen LogP contribution in [-0.4, -0.2) is 15.9 Å². The van der Waals surface area contributed by atoms with Gasteiger partial charge in [-0.2, -0.15) is 0 Å². The molecule has 3 rings (SSSR count). The molecule has 25 heavy (non-hydrogen) atoms. The third-order valence-corrected chi connectivity index (χ3v) is 3.80. The summed E-state index contributed by atoms with van der Waals surface area (Å²) in [6, 6.07) is 19.0. The van der Waals surface area contributed by atoms with Crippen LogP contribution in [-0.2, 0) is 4.79 Å². The standard InChI is InChI=1S/C20H19N3O2/c1-2-18(15-7-4-3-5-8-15)19(24)23-16-9-11-17(12-10-16)25-20-21-13-6-14-22-20/h3-14,18H,2H2,1H3,(H,23,24). The van der Waals surface area contributed by atoms with Gasteiger partial charge in [0.2, 0.25) is 5.91 Å². The Hall–Kier alpha value is -3.21. The third-order valence-electron chi connectivity index (χ3n) is 3.80. The van der Waals surface area contributed by atoms with E-state index in [9.17, 15) is 4.79 Å². The number of carbonyl (C=O) groups excluding carboxylic acids is 1. The molecular formula is C20H19N3O2. The SMILES string of the molecule is CCC(C(=O)Nc1ccc(Oc2ncccn2)cc1)c1ccccc1. The van der Waals surface area contributed by atoms with Gasteiger partial charge in [-0.25, -0.2) is 9.97 Å². The van der Waals surface area contributed by atoms with E-state index < -0.39 is 0 Å². The van der Waals surface area contributed by atoms with Crippen LogP contribution < -0.4 is 10.1 Å². The smallest absolute Gasteiger partial charge is 0.321 e. The summed E-state index contributed by atoms with van der Waals surface area (Å²) in [7, 11) is 0. The molecule has 0 saturated carbocycles. The highest BCUT2D eigenvalue weighted by Gasteiger charge is 2.18. The predicted molar refractivity (Wildman–Crippen MR) is 96.7 cm³/mol. The molecule has 0 aliphatic rings. The lowest BCUT2D eigenvalue weighted by Gasteiger charge is -2.15. The summed E-state index contributed by atoms with van der Waals surface area (Å²) in [6.07, 6.45) is 3.97. The Labute approximate surface area is 146 Å². The zero-order valence-corrected chi connectivity index (χ0v) is 13.9. The molecule has 0 aliphatic carbocycles. The summed E-state index contributed by atoms with van der Waals surface area (Å²) in [5.74, 6) is 0.419. The summed E-state index contributed by atoms with van der Waals surface area (Å²) < 4.78 is 5.54. The second kappa shape index (κ2) is 8.06. The fourth-order valence-electron chi connectivity index (χ4n) is 2.54. The normalized spacial score (nSPS) is 11.6. The van der Waals surface area contributed by atoms with Gasteiger partial charge in [-0.1, -0.05) is 37.3 Å². The van der Waals surface area contributed by atoms with Crippen LogP contribution in [0.3, 0.4) is 0 Å². The van der Waals surface area contributed by atoms with Crippen molar-refractivity contribution >= 4 is 11.6 Å². The molecule has 1 unspecified atom stereocenters. The molecule has 0 saturated heterocycles. The maximum Gasteiger partial charge on any atom is 0.321 e. The van der Waals surface area contributed by atoms with E-state index in [1.54, 1.807) is 42.7 Å². The zero-order chi connectivity index (χ0) is 17.5. The number of nitrogens with zero attached hydrogens (tertiary/aromatic N) is 2. The second-order valence-corrected chi connectivity index (χ2v) is 5.52. The van der Waals surface area contributed by atoms with Crippen molar-refractivity contribution in [1.82, 2.24) is 9.97 Å². The van der Waals surface area contributed by atoms with Crippen molar-refractivity contribution in [3.05, 3.63) is 78.6 Å². The summed E-state index contributed by atoms with van der Waals surface area (Å²) in [5.41, 5.74) is 1.74. The average Bonchev–Trinajstić information content (AvgIpc) is 2.66. The van der Waals surface area contributed by atoms with E-state index in [0.29, 0.717) is 5.75 Å². The van der Waals surface area contributed by atoms with Gasteiger partial charge in [0.25, 0.3) is 0 Å². The van der Waals surface area contributed by atoms with E-state index in [0.717, 1.165) is 17.7 Å². The van der Waals surface area contributed by atoms with E-state index in [2.05, 4.69) is 15.3 Å². The molecule has 5 heteroatoms. The van der Waals surface area contributed by atoms with Gasteiger partial charge >= 0.3 is 6.01 Å². The van der Waals surface area contributed by atoms with Crippen LogP contribution in [0.2, 0.25) is 0 Å². The molecule has 1 heterocycles. The molecule has 3 aromatic rings. The molecule has 5 nitrogen and oxygen atoms in total. The van der Waals surface area contributed by atoms with Gasteiger partial charge in [-0.3, -0.25) is 4.79 Å². The molecule has 1 N–H and O–H groups in total.